The smallest absolute Gasteiger partial charge is 0.326 e. The molecule has 2 aromatic rings. The zero-order chi connectivity index (χ0) is 23.0. The van der Waals surface area contributed by atoms with E-state index in [1.165, 1.54) is 0 Å². The zero-order valence-electron chi connectivity index (χ0n) is 18.3. The van der Waals surface area contributed by atoms with Crippen molar-refractivity contribution < 1.29 is 28.6 Å². The van der Waals surface area contributed by atoms with Gasteiger partial charge in [0.05, 0.1) is 6.61 Å². The van der Waals surface area contributed by atoms with Gasteiger partial charge < -0.3 is 19.5 Å². The highest BCUT2D eigenvalue weighted by Gasteiger charge is 2.51. The third-order valence-electron chi connectivity index (χ3n) is 5.17. The third-order valence-corrected chi connectivity index (χ3v) is 5.17. The minimum absolute atomic E-state index is 0.00578. The Hall–Kier alpha value is -3.55. The minimum Gasteiger partial charge on any atom is -0.494 e. The molecule has 0 spiro atoms. The van der Waals surface area contributed by atoms with E-state index < -0.39 is 30.0 Å². The Labute approximate surface area is 187 Å². The van der Waals surface area contributed by atoms with Crippen LogP contribution in [0, 0.1) is 0 Å². The van der Waals surface area contributed by atoms with Crippen LogP contribution in [0.1, 0.15) is 32.3 Å². The number of nitrogens with one attached hydrogen (secondary N) is 1. The molecule has 8 nitrogen and oxygen atoms in total. The molecule has 1 heterocycles. The summed E-state index contributed by atoms with van der Waals surface area (Å²) in [6, 6.07) is 15.5. The van der Waals surface area contributed by atoms with Crippen LogP contribution in [0.5, 0.6) is 11.5 Å². The van der Waals surface area contributed by atoms with Crippen LogP contribution in [-0.4, -0.2) is 49.2 Å². The number of ether oxygens (including phenoxy) is 3. The lowest BCUT2D eigenvalue weighted by Crippen LogP contribution is -2.44. The first-order valence-electron chi connectivity index (χ1n) is 10.7. The van der Waals surface area contributed by atoms with Crippen LogP contribution < -0.4 is 14.8 Å². The maximum Gasteiger partial charge on any atom is 0.326 e. The average Bonchev–Trinajstić information content (AvgIpc) is 3.07. The second-order valence-electron chi connectivity index (χ2n) is 7.34. The highest BCUT2D eigenvalue weighted by molar-refractivity contribution is 6.09. The average molecular weight is 440 g/mol. The number of amides is 3. The molecule has 1 saturated heterocycles. The fourth-order valence-corrected chi connectivity index (χ4v) is 3.47. The summed E-state index contributed by atoms with van der Waals surface area (Å²) in [5, 5.41) is 2.74. The second-order valence-corrected chi connectivity index (χ2v) is 7.34. The molecule has 1 fully saturated rings. The number of hydrogen-bond donors (Lipinski definition) is 1. The lowest BCUT2D eigenvalue weighted by Gasteiger charge is -2.25. The van der Waals surface area contributed by atoms with Crippen LogP contribution in [0.2, 0.25) is 0 Å². The predicted molar refractivity (Wildman–Crippen MR) is 117 cm³/mol. The summed E-state index contributed by atoms with van der Waals surface area (Å²) < 4.78 is 16.2. The number of imide groups is 1. The Morgan fingerprint density at radius 1 is 0.906 bits per heavy atom. The van der Waals surface area contributed by atoms with Gasteiger partial charge in [0.25, 0.3) is 5.91 Å². The zero-order valence-corrected chi connectivity index (χ0v) is 18.3. The Morgan fingerprint density at radius 2 is 1.53 bits per heavy atom. The molecule has 0 bridgehead atoms. The molecular weight excluding hydrogens is 412 g/mol. The molecule has 8 heteroatoms. The van der Waals surface area contributed by atoms with Crippen molar-refractivity contribution in [3.63, 3.8) is 0 Å². The maximum atomic E-state index is 13.0. The van der Waals surface area contributed by atoms with Gasteiger partial charge in [0, 0.05) is 0 Å². The lowest BCUT2D eigenvalue weighted by molar-refractivity contribution is -0.148. The third kappa shape index (κ3) is 5.19. The van der Waals surface area contributed by atoms with Crippen LogP contribution >= 0.6 is 0 Å². The molecule has 0 radical (unpaired) electrons. The van der Waals surface area contributed by atoms with Gasteiger partial charge in [-0.15, -0.1) is 0 Å². The van der Waals surface area contributed by atoms with E-state index in [-0.39, 0.29) is 13.2 Å². The van der Waals surface area contributed by atoms with E-state index in [4.69, 9.17) is 14.2 Å². The molecule has 32 heavy (non-hydrogen) atoms. The van der Waals surface area contributed by atoms with Crippen molar-refractivity contribution in [1.82, 2.24) is 10.2 Å². The van der Waals surface area contributed by atoms with Crippen molar-refractivity contribution >= 4 is 17.9 Å². The fourth-order valence-electron chi connectivity index (χ4n) is 3.47. The summed E-state index contributed by atoms with van der Waals surface area (Å²) in [7, 11) is 0. The van der Waals surface area contributed by atoms with Gasteiger partial charge in [-0.3, -0.25) is 14.5 Å². The summed E-state index contributed by atoms with van der Waals surface area (Å²) in [5.74, 6) is 0.239. The summed E-state index contributed by atoms with van der Waals surface area (Å²) in [6.45, 7) is 4.18. The van der Waals surface area contributed by atoms with E-state index in [0.29, 0.717) is 24.3 Å². The minimum atomic E-state index is -1.17. The van der Waals surface area contributed by atoms with Gasteiger partial charge in [0.15, 0.2) is 0 Å². The molecule has 0 saturated carbocycles. The number of carbonyl (C=O) groups excluding carboxylic acids is 3. The number of esters is 1. The molecule has 3 rings (SSSR count). The van der Waals surface area contributed by atoms with Crippen molar-refractivity contribution in [2.75, 3.05) is 26.4 Å². The number of carbonyl (C=O) groups is 3. The fraction of sp³-hybridized carbons (Fsp3) is 0.375. The van der Waals surface area contributed by atoms with E-state index in [2.05, 4.69) is 5.32 Å². The van der Waals surface area contributed by atoms with Gasteiger partial charge in [-0.2, -0.15) is 0 Å². The molecule has 0 aliphatic carbocycles. The van der Waals surface area contributed by atoms with Gasteiger partial charge in [-0.05, 0) is 42.7 Å². The van der Waals surface area contributed by atoms with Gasteiger partial charge in [0.1, 0.15) is 36.8 Å². The standard InChI is InChI=1S/C24H28N2O6/c1-3-14-30-19-10-12-20(13-11-19)31-15-16-32-21(27)17-26-22(28)24(4-2,25-23(26)29)18-8-6-5-7-9-18/h5-13H,3-4,14-17H2,1-2H3,(H,25,29). The first kappa shape index (κ1) is 23.1. The molecule has 3 amide bonds. The molecule has 170 valence electrons. The molecular formula is C24H28N2O6. The van der Waals surface area contributed by atoms with Crippen molar-refractivity contribution in [2.24, 2.45) is 0 Å². The molecule has 2 aromatic carbocycles. The summed E-state index contributed by atoms with van der Waals surface area (Å²) >= 11 is 0. The van der Waals surface area contributed by atoms with E-state index >= 15 is 0 Å². The number of urea groups is 1. The largest absolute Gasteiger partial charge is 0.494 e. The Kier molecular flexibility index (Phi) is 7.70. The lowest BCUT2D eigenvalue weighted by atomic mass is 9.87. The van der Waals surface area contributed by atoms with Gasteiger partial charge in [-0.1, -0.05) is 44.2 Å². The number of hydrogen-bond acceptors (Lipinski definition) is 6. The molecule has 1 aliphatic rings. The topological polar surface area (TPSA) is 94.2 Å². The SMILES string of the molecule is CCCOc1ccc(OCCOC(=O)CN2C(=O)NC(CC)(c3ccccc3)C2=O)cc1. The monoisotopic (exact) mass is 440 g/mol. The predicted octanol–water partition coefficient (Wildman–Crippen LogP) is 3.25. The van der Waals surface area contributed by atoms with Gasteiger partial charge in [0.2, 0.25) is 0 Å². The van der Waals surface area contributed by atoms with Crippen LogP contribution in [0.15, 0.2) is 54.6 Å². The molecule has 1 N–H and O–H groups in total. The quantitative estimate of drug-likeness (QED) is 0.327. The number of nitrogens with zero attached hydrogens (tertiary/aromatic N) is 1. The van der Waals surface area contributed by atoms with E-state index in [9.17, 15) is 14.4 Å². The first-order chi connectivity index (χ1) is 15.5. The van der Waals surface area contributed by atoms with Gasteiger partial charge >= 0.3 is 12.0 Å². The van der Waals surface area contributed by atoms with Crippen LogP contribution in [0.4, 0.5) is 4.79 Å². The van der Waals surface area contributed by atoms with Crippen LogP contribution in [-0.2, 0) is 19.9 Å². The number of rotatable bonds is 11. The molecule has 1 aliphatic heterocycles. The molecule has 1 atom stereocenters. The summed E-state index contributed by atoms with van der Waals surface area (Å²) in [5.41, 5.74) is -0.495. The molecule has 0 aromatic heterocycles. The van der Waals surface area contributed by atoms with Gasteiger partial charge in [-0.25, -0.2) is 4.79 Å². The highest BCUT2D eigenvalue weighted by atomic mass is 16.6. The summed E-state index contributed by atoms with van der Waals surface area (Å²) in [4.78, 5) is 38.6. The Morgan fingerprint density at radius 3 is 2.12 bits per heavy atom. The summed E-state index contributed by atoms with van der Waals surface area (Å²) in [6.07, 6.45) is 1.29. The van der Waals surface area contributed by atoms with E-state index in [1.54, 1.807) is 48.5 Å². The van der Waals surface area contributed by atoms with E-state index in [0.717, 1.165) is 17.1 Å². The van der Waals surface area contributed by atoms with Crippen molar-refractivity contribution in [3.05, 3.63) is 60.2 Å². The normalized spacial score (nSPS) is 17.8. The van der Waals surface area contributed by atoms with Crippen LogP contribution in [0.3, 0.4) is 0 Å². The van der Waals surface area contributed by atoms with Crippen LogP contribution in [0.25, 0.3) is 0 Å². The highest BCUT2D eigenvalue weighted by Crippen LogP contribution is 2.32. The molecule has 1 unspecified atom stereocenters. The Bertz CT molecular complexity index is 931. The van der Waals surface area contributed by atoms with Crippen molar-refractivity contribution in [3.8, 4) is 11.5 Å². The van der Waals surface area contributed by atoms with Crippen molar-refractivity contribution in [2.45, 2.75) is 32.2 Å². The second kappa shape index (κ2) is 10.7. The Balaban J connectivity index is 1.47. The number of benzene rings is 2. The maximum absolute atomic E-state index is 13.0. The van der Waals surface area contributed by atoms with E-state index in [1.807, 2.05) is 19.9 Å². The van der Waals surface area contributed by atoms with Crippen molar-refractivity contribution in [1.29, 1.82) is 0 Å². The first-order valence-corrected chi connectivity index (χ1v) is 10.7.